The van der Waals surface area contributed by atoms with Crippen LogP contribution in [0.5, 0.6) is 0 Å². The molecule has 0 aliphatic heterocycles. The maximum Gasteiger partial charge on any atom is 0.328 e. The van der Waals surface area contributed by atoms with Crippen LogP contribution in [0, 0.1) is 0 Å². The molecule has 0 amide bonds. The minimum Gasteiger partial charge on any atom is -0.478 e. The van der Waals surface area contributed by atoms with Gasteiger partial charge in [0.05, 0.1) is 11.0 Å². The molecular formula is C18H19N3O4. The van der Waals surface area contributed by atoms with Crippen molar-refractivity contribution in [2.45, 2.75) is 19.5 Å². The third-order valence-electron chi connectivity index (χ3n) is 3.36. The number of hydrogen-bond acceptors (Lipinski definition) is 4. The molecule has 0 unspecified atom stereocenters. The highest BCUT2D eigenvalue weighted by Crippen LogP contribution is 2.25. The van der Waals surface area contributed by atoms with Crippen LogP contribution in [-0.2, 0) is 16.1 Å². The minimum atomic E-state index is -1.26. The molecule has 4 N–H and O–H groups in total. The van der Waals surface area contributed by atoms with Crippen molar-refractivity contribution in [3.63, 3.8) is 0 Å². The first-order valence-corrected chi connectivity index (χ1v) is 7.60. The Bertz CT molecular complexity index is 912. The number of pyridine rings is 1. The van der Waals surface area contributed by atoms with E-state index < -0.39 is 11.9 Å². The Morgan fingerprint density at radius 3 is 2.48 bits per heavy atom. The highest BCUT2D eigenvalue weighted by atomic mass is 16.4. The van der Waals surface area contributed by atoms with Crippen molar-refractivity contribution in [3.8, 4) is 0 Å². The number of nitrogens with zero attached hydrogens (tertiary/aromatic N) is 2. The van der Waals surface area contributed by atoms with E-state index in [9.17, 15) is 9.59 Å². The van der Waals surface area contributed by atoms with Crippen LogP contribution in [0.2, 0.25) is 0 Å². The van der Waals surface area contributed by atoms with E-state index in [0.717, 1.165) is 12.1 Å². The Labute approximate surface area is 144 Å². The van der Waals surface area contributed by atoms with E-state index in [-0.39, 0.29) is 6.04 Å². The molecule has 1 aromatic carbocycles. The zero-order valence-corrected chi connectivity index (χ0v) is 13.7. The molecule has 0 spiro atoms. The number of aromatic nitrogens is 2. The second-order valence-corrected chi connectivity index (χ2v) is 5.53. The first-order valence-electron chi connectivity index (χ1n) is 7.60. The predicted molar refractivity (Wildman–Crippen MR) is 95.3 cm³/mol. The van der Waals surface area contributed by atoms with Gasteiger partial charge in [-0.2, -0.15) is 0 Å². The summed E-state index contributed by atoms with van der Waals surface area (Å²) < 4.78 is 2.21. The van der Waals surface area contributed by atoms with E-state index in [1.807, 2.05) is 19.2 Å². The molecule has 0 bridgehead atoms. The lowest BCUT2D eigenvalue weighted by molar-refractivity contribution is -0.134. The van der Waals surface area contributed by atoms with Crippen LogP contribution in [0.4, 0.5) is 0 Å². The standard InChI is InChI=1S/C14H15N3.C4H4O4/c1-10(15)9-17-8-6-11-4-5-13-12(14(11)17)3-2-7-16-13;5-3(6)1-2-4(7)8/h2-8,10H,9,15H2,1H3;1-2H,(H,5,6)(H,7,8)/b;2-1+/t10-;/m1./s1. The first-order chi connectivity index (χ1) is 11.9. The number of nitrogens with two attached hydrogens (primary N) is 1. The van der Waals surface area contributed by atoms with Crippen LogP contribution in [-0.4, -0.2) is 37.7 Å². The molecule has 0 fully saturated rings. The van der Waals surface area contributed by atoms with Crippen LogP contribution < -0.4 is 5.73 Å². The van der Waals surface area contributed by atoms with Gasteiger partial charge in [-0.25, -0.2) is 9.59 Å². The average Bonchev–Trinajstić information content (AvgIpc) is 2.96. The molecule has 25 heavy (non-hydrogen) atoms. The second kappa shape index (κ2) is 8.07. The number of carbonyl (C=O) groups is 2. The summed E-state index contributed by atoms with van der Waals surface area (Å²) in [6, 6.07) is 10.5. The number of benzene rings is 1. The van der Waals surface area contributed by atoms with Gasteiger partial charge in [0.25, 0.3) is 0 Å². The third kappa shape index (κ3) is 4.89. The van der Waals surface area contributed by atoms with Crippen molar-refractivity contribution in [2.75, 3.05) is 0 Å². The summed E-state index contributed by atoms with van der Waals surface area (Å²) in [5, 5.41) is 18.1. The van der Waals surface area contributed by atoms with E-state index >= 15 is 0 Å². The molecule has 0 saturated carbocycles. The van der Waals surface area contributed by atoms with Gasteiger partial charge in [-0.15, -0.1) is 0 Å². The number of fused-ring (bicyclic) bond motifs is 3. The smallest absolute Gasteiger partial charge is 0.328 e. The largest absolute Gasteiger partial charge is 0.478 e. The number of carboxylic acids is 2. The SMILES string of the molecule is C[C@@H](N)Cn1ccc2ccc3ncccc3c21.O=C(O)/C=C/C(=O)O. The molecule has 0 aliphatic rings. The quantitative estimate of drug-likeness (QED) is 0.626. The van der Waals surface area contributed by atoms with Crippen LogP contribution in [0.3, 0.4) is 0 Å². The number of rotatable bonds is 4. The van der Waals surface area contributed by atoms with E-state index in [1.54, 1.807) is 0 Å². The zero-order valence-electron chi connectivity index (χ0n) is 13.7. The normalized spacial score (nSPS) is 12.1. The lowest BCUT2D eigenvalue weighted by Crippen LogP contribution is -2.21. The maximum atomic E-state index is 9.55. The Hall–Kier alpha value is -3.19. The summed E-state index contributed by atoms with van der Waals surface area (Å²) in [4.78, 5) is 23.5. The number of hydrogen-bond donors (Lipinski definition) is 3. The van der Waals surface area contributed by atoms with Crippen LogP contribution in [0.1, 0.15) is 6.92 Å². The summed E-state index contributed by atoms with van der Waals surface area (Å²) in [5.41, 5.74) is 8.14. The maximum absolute atomic E-state index is 9.55. The molecule has 0 aliphatic carbocycles. The van der Waals surface area contributed by atoms with Crippen molar-refractivity contribution >= 4 is 33.7 Å². The van der Waals surface area contributed by atoms with E-state index in [2.05, 4.69) is 40.0 Å². The highest BCUT2D eigenvalue weighted by molar-refractivity contribution is 6.04. The molecule has 7 heteroatoms. The van der Waals surface area contributed by atoms with Crippen molar-refractivity contribution in [1.29, 1.82) is 0 Å². The van der Waals surface area contributed by atoms with Gasteiger partial charge >= 0.3 is 11.9 Å². The summed E-state index contributed by atoms with van der Waals surface area (Å²) in [7, 11) is 0. The fraction of sp³-hybridized carbons (Fsp3) is 0.167. The van der Waals surface area contributed by atoms with Crippen LogP contribution in [0.25, 0.3) is 21.8 Å². The highest BCUT2D eigenvalue weighted by Gasteiger charge is 2.07. The molecular weight excluding hydrogens is 322 g/mol. The van der Waals surface area contributed by atoms with Gasteiger partial charge < -0.3 is 20.5 Å². The van der Waals surface area contributed by atoms with Crippen LogP contribution in [0.15, 0.2) is 54.9 Å². The van der Waals surface area contributed by atoms with Gasteiger partial charge in [-0.1, -0.05) is 6.07 Å². The number of aliphatic carboxylic acids is 2. The van der Waals surface area contributed by atoms with Crippen molar-refractivity contribution in [2.24, 2.45) is 5.73 Å². The van der Waals surface area contributed by atoms with Crippen molar-refractivity contribution in [1.82, 2.24) is 9.55 Å². The van der Waals surface area contributed by atoms with Gasteiger partial charge in [-0.3, -0.25) is 4.98 Å². The molecule has 0 radical (unpaired) electrons. The minimum absolute atomic E-state index is 0.150. The van der Waals surface area contributed by atoms with Gasteiger partial charge in [0.1, 0.15) is 0 Å². The summed E-state index contributed by atoms with van der Waals surface area (Å²) in [6.07, 6.45) is 5.04. The van der Waals surface area contributed by atoms with Gasteiger partial charge in [-0.05, 0) is 31.2 Å². The first kappa shape index (κ1) is 18.2. The molecule has 0 saturated heterocycles. The Morgan fingerprint density at radius 1 is 1.20 bits per heavy atom. The summed E-state index contributed by atoms with van der Waals surface area (Å²) in [6.45, 7) is 2.85. The van der Waals surface area contributed by atoms with E-state index in [4.69, 9.17) is 15.9 Å². The summed E-state index contributed by atoms with van der Waals surface area (Å²) >= 11 is 0. The van der Waals surface area contributed by atoms with Gasteiger partial charge in [0.2, 0.25) is 0 Å². The Morgan fingerprint density at radius 2 is 1.88 bits per heavy atom. The molecule has 2 aromatic heterocycles. The molecule has 7 nitrogen and oxygen atoms in total. The number of carboxylic acid groups (broad SMARTS) is 2. The summed E-state index contributed by atoms with van der Waals surface area (Å²) in [5.74, 6) is -2.51. The fourth-order valence-electron chi connectivity index (χ4n) is 2.46. The van der Waals surface area contributed by atoms with Gasteiger partial charge in [0, 0.05) is 47.9 Å². The molecule has 3 aromatic rings. The lowest BCUT2D eigenvalue weighted by atomic mass is 10.1. The lowest BCUT2D eigenvalue weighted by Gasteiger charge is -2.10. The fourth-order valence-corrected chi connectivity index (χ4v) is 2.46. The monoisotopic (exact) mass is 341 g/mol. The zero-order chi connectivity index (χ0) is 18.4. The molecule has 130 valence electrons. The van der Waals surface area contributed by atoms with Gasteiger partial charge in [0.15, 0.2) is 0 Å². The predicted octanol–water partition coefficient (Wildman–Crippen LogP) is 2.25. The van der Waals surface area contributed by atoms with Crippen LogP contribution >= 0.6 is 0 Å². The third-order valence-corrected chi connectivity index (χ3v) is 3.36. The van der Waals surface area contributed by atoms with E-state index in [0.29, 0.717) is 12.2 Å². The average molecular weight is 341 g/mol. The topological polar surface area (TPSA) is 118 Å². The molecule has 3 rings (SSSR count). The van der Waals surface area contributed by atoms with Crippen molar-refractivity contribution in [3.05, 3.63) is 54.9 Å². The molecule has 1 atom stereocenters. The second-order valence-electron chi connectivity index (χ2n) is 5.53. The molecule has 2 heterocycles. The Kier molecular flexibility index (Phi) is 5.86. The van der Waals surface area contributed by atoms with E-state index in [1.165, 1.54) is 16.3 Å². The Balaban J connectivity index is 0.000000242. The van der Waals surface area contributed by atoms with Crippen molar-refractivity contribution < 1.29 is 19.8 Å².